The lowest BCUT2D eigenvalue weighted by Crippen LogP contribution is -2.21. The van der Waals surface area contributed by atoms with Crippen LogP contribution in [0.3, 0.4) is 0 Å². The molecule has 0 aliphatic carbocycles. The highest BCUT2D eigenvalue weighted by atomic mass is 79.9. The van der Waals surface area contributed by atoms with Crippen LogP contribution >= 0.6 is 15.9 Å². The molecule has 33 heavy (non-hydrogen) atoms. The van der Waals surface area contributed by atoms with E-state index in [-0.39, 0.29) is 4.90 Å². The maximum atomic E-state index is 13.3. The maximum Gasteiger partial charge on any atom is 0.263 e. The summed E-state index contributed by atoms with van der Waals surface area (Å²) >= 11 is 3.36. The van der Waals surface area contributed by atoms with Crippen LogP contribution in [0.15, 0.2) is 76.1 Å². The summed E-state index contributed by atoms with van der Waals surface area (Å²) in [5.41, 5.74) is 4.10. The summed E-state index contributed by atoms with van der Waals surface area (Å²) in [5, 5.41) is 8.44. The van der Waals surface area contributed by atoms with Gasteiger partial charge in [-0.3, -0.25) is 9.82 Å². The number of fused-ring (bicyclic) bond motifs is 1. The monoisotopic (exact) mass is 522 g/mol. The molecular weight excluding hydrogens is 500 g/mol. The zero-order valence-electron chi connectivity index (χ0n) is 17.8. The Morgan fingerprint density at radius 2 is 1.70 bits per heavy atom. The Hall–Kier alpha value is -3.10. The second-order valence-electron chi connectivity index (χ2n) is 8.00. The number of aromatic amines is 1. The number of hydrogen-bond acceptors (Lipinski definition) is 4. The highest BCUT2D eigenvalue weighted by Crippen LogP contribution is 2.36. The lowest BCUT2D eigenvalue weighted by atomic mass is 10.1. The molecule has 5 rings (SSSR count). The first-order valence-corrected chi connectivity index (χ1v) is 13.1. The molecule has 1 aliphatic rings. The van der Waals surface area contributed by atoms with Crippen LogP contribution in [0.25, 0.3) is 23.1 Å². The Balaban J connectivity index is 1.58. The third-order valence-electron chi connectivity index (χ3n) is 5.76. The van der Waals surface area contributed by atoms with Crippen molar-refractivity contribution >= 4 is 60.4 Å². The van der Waals surface area contributed by atoms with Gasteiger partial charge in [0.2, 0.25) is 0 Å². The summed E-state index contributed by atoms with van der Waals surface area (Å²) in [4.78, 5) is 2.42. The van der Waals surface area contributed by atoms with Crippen molar-refractivity contribution in [3.63, 3.8) is 0 Å². The molecule has 1 aromatic heterocycles. The first kappa shape index (κ1) is 21.7. The molecule has 0 atom stereocenters. The smallest absolute Gasteiger partial charge is 0.263 e. The van der Waals surface area contributed by atoms with E-state index in [1.165, 1.54) is 0 Å². The van der Waals surface area contributed by atoms with Crippen molar-refractivity contribution in [2.24, 2.45) is 0 Å². The van der Waals surface area contributed by atoms with Crippen LogP contribution < -0.4 is 9.62 Å². The van der Waals surface area contributed by atoms with Crippen LogP contribution in [-0.2, 0) is 10.0 Å². The molecule has 2 N–H and O–H groups in total. The summed E-state index contributed by atoms with van der Waals surface area (Å²) in [6, 6.07) is 20.7. The zero-order chi connectivity index (χ0) is 22.8. The number of benzene rings is 3. The fraction of sp³-hybridized carbons (Fsp3) is 0.160. The van der Waals surface area contributed by atoms with E-state index in [9.17, 15) is 8.42 Å². The Kier molecular flexibility index (Phi) is 5.95. The molecule has 0 amide bonds. The minimum absolute atomic E-state index is 0.203. The van der Waals surface area contributed by atoms with Gasteiger partial charge in [0, 0.05) is 22.9 Å². The molecule has 2 heterocycles. The molecule has 1 saturated heterocycles. The van der Waals surface area contributed by atoms with Crippen molar-refractivity contribution in [3.05, 3.63) is 82.5 Å². The van der Waals surface area contributed by atoms with Gasteiger partial charge in [0.15, 0.2) is 0 Å². The van der Waals surface area contributed by atoms with Gasteiger partial charge in [0.25, 0.3) is 10.0 Å². The SMILES string of the molecule is O=S(=O)(Nc1cc2c(/C=C/c3ccccc3)n[nH]c2cc1N1CCCC1)c1ccccc1Br. The Labute approximate surface area is 201 Å². The largest absolute Gasteiger partial charge is 0.370 e. The predicted molar refractivity (Wildman–Crippen MR) is 138 cm³/mol. The van der Waals surface area contributed by atoms with Gasteiger partial charge in [0.1, 0.15) is 4.90 Å². The topological polar surface area (TPSA) is 78.1 Å². The summed E-state index contributed by atoms with van der Waals surface area (Å²) in [7, 11) is -3.79. The van der Waals surface area contributed by atoms with Crippen LogP contribution in [-0.4, -0.2) is 31.7 Å². The molecule has 4 aromatic rings. The quantitative estimate of drug-likeness (QED) is 0.330. The average molecular weight is 523 g/mol. The van der Waals surface area contributed by atoms with Crippen LogP contribution in [0, 0.1) is 0 Å². The third-order valence-corrected chi connectivity index (χ3v) is 8.14. The number of nitrogens with zero attached hydrogens (tertiary/aromatic N) is 2. The number of hydrogen-bond donors (Lipinski definition) is 2. The fourth-order valence-corrected chi connectivity index (χ4v) is 6.17. The number of H-pyrrole nitrogens is 1. The van der Waals surface area contributed by atoms with Gasteiger partial charge < -0.3 is 4.90 Å². The lowest BCUT2D eigenvalue weighted by Gasteiger charge is -2.22. The van der Waals surface area contributed by atoms with Gasteiger partial charge in [-0.1, -0.05) is 48.5 Å². The van der Waals surface area contributed by atoms with Crippen molar-refractivity contribution < 1.29 is 8.42 Å². The van der Waals surface area contributed by atoms with Crippen molar-refractivity contribution in [2.45, 2.75) is 17.7 Å². The molecular formula is C25H23BrN4O2S. The van der Waals surface area contributed by atoms with E-state index in [4.69, 9.17) is 0 Å². The summed E-state index contributed by atoms with van der Waals surface area (Å²) in [6.07, 6.45) is 6.11. The minimum atomic E-state index is -3.79. The van der Waals surface area contributed by atoms with Gasteiger partial charge in [-0.05, 0) is 64.7 Å². The van der Waals surface area contributed by atoms with E-state index in [0.717, 1.165) is 53.8 Å². The van der Waals surface area contributed by atoms with Crippen molar-refractivity contribution in [1.29, 1.82) is 0 Å². The van der Waals surface area contributed by atoms with Crippen molar-refractivity contribution in [2.75, 3.05) is 22.7 Å². The van der Waals surface area contributed by atoms with E-state index >= 15 is 0 Å². The Bertz CT molecular complexity index is 1430. The highest BCUT2D eigenvalue weighted by Gasteiger charge is 2.23. The molecule has 1 fully saturated rings. The van der Waals surface area contributed by atoms with E-state index in [0.29, 0.717) is 10.2 Å². The second-order valence-corrected chi connectivity index (χ2v) is 10.5. The molecule has 0 unspecified atom stereocenters. The maximum absolute atomic E-state index is 13.3. The molecule has 8 heteroatoms. The summed E-state index contributed by atoms with van der Waals surface area (Å²) in [5.74, 6) is 0. The number of aromatic nitrogens is 2. The van der Waals surface area contributed by atoms with Gasteiger partial charge in [0.05, 0.1) is 22.6 Å². The first-order valence-electron chi connectivity index (χ1n) is 10.8. The Morgan fingerprint density at radius 3 is 2.45 bits per heavy atom. The van der Waals surface area contributed by atoms with Gasteiger partial charge in [-0.2, -0.15) is 5.10 Å². The standard InChI is InChI=1S/C25H23BrN4O2S/c26-20-10-4-5-11-25(20)33(31,32)29-23-16-19-21(13-12-18-8-2-1-3-9-18)27-28-22(19)17-24(23)30-14-6-7-15-30/h1-5,8-13,16-17,29H,6-7,14-15H2,(H,27,28)/b13-12+. The predicted octanol–water partition coefficient (Wildman–Crippen LogP) is 5.90. The fourth-order valence-electron chi connectivity index (χ4n) is 4.10. The minimum Gasteiger partial charge on any atom is -0.370 e. The zero-order valence-corrected chi connectivity index (χ0v) is 20.2. The van der Waals surface area contributed by atoms with Crippen molar-refractivity contribution in [3.8, 4) is 0 Å². The van der Waals surface area contributed by atoms with Gasteiger partial charge in [-0.15, -0.1) is 0 Å². The van der Waals surface area contributed by atoms with E-state index < -0.39 is 10.0 Å². The summed E-state index contributed by atoms with van der Waals surface area (Å²) < 4.78 is 29.9. The molecule has 3 aromatic carbocycles. The van der Waals surface area contributed by atoms with Crippen LogP contribution in [0.2, 0.25) is 0 Å². The van der Waals surface area contributed by atoms with E-state index in [2.05, 4.69) is 35.7 Å². The Morgan fingerprint density at radius 1 is 0.970 bits per heavy atom. The molecule has 0 saturated carbocycles. The van der Waals surface area contributed by atoms with Gasteiger partial charge in [-0.25, -0.2) is 8.42 Å². The summed E-state index contributed by atoms with van der Waals surface area (Å²) in [6.45, 7) is 1.79. The molecule has 1 aliphatic heterocycles. The molecule has 0 spiro atoms. The van der Waals surface area contributed by atoms with Crippen LogP contribution in [0.1, 0.15) is 24.1 Å². The number of sulfonamides is 1. The number of halogens is 1. The molecule has 0 radical (unpaired) electrons. The number of anilines is 2. The van der Waals surface area contributed by atoms with Crippen LogP contribution in [0.4, 0.5) is 11.4 Å². The number of nitrogens with one attached hydrogen (secondary N) is 2. The average Bonchev–Trinajstić information content (AvgIpc) is 3.48. The lowest BCUT2D eigenvalue weighted by molar-refractivity contribution is 0.601. The van der Waals surface area contributed by atoms with Gasteiger partial charge >= 0.3 is 0 Å². The molecule has 0 bridgehead atoms. The molecule has 6 nitrogen and oxygen atoms in total. The highest BCUT2D eigenvalue weighted by molar-refractivity contribution is 9.10. The van der Waals surface area contributed by atoms with E-state index in [1.54, 1.807) is 24.3 Å². The molecule has 168 valence electrons. The first-order chi connectivity index (χ1) is 16.0. The van der Waals surface area contributed by atoms with Crippen LogP contribution in [0.5, 0.6) is 0 Å². The van der Waals surface area contributed by atoms with E-state index in [1.807, 2.05) is 54.6 Å². The second kappa shape index (κ2) is 9.03. The van der Waals surface area contributed by atoms with Crippen molar-refractivity contribution in [1.82, 2.24) is 10.2 Å². The third kappa shape index (κ3) is 4.54. The number of rotatable bonds is 6. The normalized spacial score (nSPS) is 14.4.